The summed E-state index contributed by atoms with van der Waals surface area (Å²) in [5, 5.41) is 25.6. The van der Waals surface area contributed by atoms with Gasteiger partial charge < -0.3 is 15.1 Å². The molecule has 0 spiro atoms. The SMILES string of the molecule is CN(Cc1cccc(Cl)c1)C(=O)c1cc(-c2ccnn2-c2ccccc2F)c(O)cc1O. The zero-order chi connectivity index (χ0) is 22.8. The first kappa shape index (κ1) is 21.4. The summed E-state index contributed by atoms with van der Waals surface area (Å²) in [6, 6.07) is 17.2. The molecule has 1 amide bonds. The molecule has 4 rings (SSSR count). The van der Waals surface area contributed by atoms with Gasteiger partial charge in [0.15, 0.2) is 0 Å². The number of para-hydroxylation sites is 1. The number of rotatable bonds is 5. The van der Waals surface area contributed by atoms with E-state index in [-0.39, 0.29) is 34.9 Å². The van der Waals surface area contributed by atoms with Crippen molar-refractivity contribution in [3.63, 3.8) is 0 Å². The van der Waals surface area contributed by atoms with Gasteiger partial charge in [-0.05, 0) is 42.0 Å². The number of aromatic nitrogens is 2. The smallest absolute Gasteiger partial charge is 0.257 e. The van der Waals surface area contributed by atoms with Crippen LogP contribution in [0.15, 0.2) is 72.9 Å². The summed E-state index contributed by atoms with van der Waals surface area (Å²) in [5.41, 5.74) is 1.58. The minimum Gasteiger partial charge on any atom is -0.507 e. The Morgan fingerprint density at radius 3 is 2.59 bits per heavy atom. The van der Waals surface area contributed by atoms with Crippen molar-refractivity contribution in [3.8, 4) is 28.4 Å². The van der Waals surface area contributed by atoms with Crippen molar-refractivity contribution >= 4 is 17.5 Å². The van der Waals surface area contributed by atoms with Gasteiger partial charge in [0, 0.05) is 30.2 Å². The van der Waals surface area contributed by atoms with Gasteiger partial charge in [0.2, 0.25) is 0 Å². The highest BCUT2D eigenvalue weighted by Gasteiger charge is 2.22. The second-order valence-corrected chi connectivity index (χ2v) is 7.69. The van der Waals surface area contributed by atoms with E-state index in [0.717, 1.165) is 11.6 Å². The fraction of sp³-hybridized carbons (Fsp3) is 0.0833. The van der Waals surface area contributed by atoms with Gasteiger partial charge in [-0.2, -0.15) is 5.10 Å². The predicted octanol–water partition coefficient (Wildman–Crippen LogP) is 5.02. The molecular weight excluding hydrogens is 433 g/mol. The van der Waals surface area contributed by atoms with Crippen molar-refractivity contribution in [2.75, 3.05) is 7.05 Å². The fourth-order valence-electron chi connectivity index (χ4n) is 3.46. The molecule has 0 aliphatic carbocycles. The molecule has 0 radical (unpaired) electrons. The van der Waals surface area contributed by atoms with E-state index in [9.17, 15) is 19.4 Å². The Balaban J connectivity index is 1.71. The maximum Gasteiger partial charge on any atom is 0.257 e. The number of aromatic hydroxyl groups is 2. The number of halogens is 2. The van der Waals surface area contributed by atoms with Gasteiger partial charge in [-0.3, -0.25) is 4.79 Å². The Hall–Kier alpha value is -3.84. The minimum absolute atomic E-state index is 0.0105. The second-order valence-electron chi connectivity index (χ2n) is 7.26. The normalized spacial score (nSPS) is 10.8. The average Bonchev–Trinajstić information content (AvgIpc) is 3.23. The molecule has 0 atom stereocenters. The number of carbonyl (C=O) groups excluding carboxylic acids is 1. The third-order valence-corrected chi connectivity index (χ3v) is 5.23. The van der Waals surface area contributed by atoms with E-state index >= 15 is 0 Å². The van der Waals surface area contributed by atoms with Crippen LogP contribution in [0.3, 0.4) is 0 Å². The number of hydrogen-bond donors (Lipinski definition) is 2. The van der Waals surface area contributed by atoms with Crippen LogP contribution >= 0.6 is 11.6 Å². The molecule has 162 valence electrons. The van der Waals surface area contributed by atoms with Crippen LogP contribution in [-0.4, -0.2) is 37.8 Å². The van der Waals surface area contributed by atoms with Crippen LogP contribution in [0.2, 0.25) is 5.02 Å². The summed E-state index contributed by atoms with van der Waals surface area (Å²) >= 11 is 6.02. The number of phenolic OH excluding ortho intramolecular Hbond substituents is 2. The quantitative estimate of drug-likeness (QED) is 0.447. The van der Waals surface area contributed by atoms with Crippen LogP contribution in [0.25, 0.3) is 16.9 Å². The van der Waals surface area contributed by atoms with Gasteiger partial charge in [0.1, 0.15) is 23.0 Å². The lowest BCUT2D eigenvalue weighted by Crippen LogP contribution is -2.26. The van der Waals surface area contributed by atoms with Crippen molar-refractivity contribution in [1.82, 2.24) is 14.7 Å². The molecular formula is C24H19ClFN3O3. The lowest BCUT2D eigenvalue weighted by Gasteiger charge is -2.19. The van der Waals surface area contributed by atoms with Crippen molar-refractivity contribution in [1.29, 1.82) is 0 Å². The van der Waals surface area contributed by atoms with E-state index < -0.39 is 11.7 Å². The van der Waals surface area contributed by atoms with Crippen molar-refractivity contribution in [3.05, 3.63) is 94.9 Å². The number of carbonyl (C=O) groups is 1. The molecule has 32 heavy (non-hydrogen) atoms. The first-order chi connectivity index (χ1) is 15.3. The van der Waals surface area contributed by atoms with Crippen molar-refractivity contribution < 1.29 is 19.4 Å². The van der Waals surface area contributed by atoms with Crippen LogP contribution in [-0.2, 0) is 6.54 Å². The largest absolute Gasteiger partial charge is 0.507 e. The van der Waals surface area contributed by atoms with E-state index in [1.807, 2.05) is 6.07 Å². The third kappa shape index (κ3) is 4.15. The van der Waals surface area contributed by atoms with Crippen LogP contribution in [0.5, 0.6) is 11.5 Å². The highest BCUT2D eigenvalue weighted by atomic mass is 35.5. The maximum atomic E-state index is 14.3. The molecule has 0 aliphatic rings. The van der Waals surface area contributed by atoms with E-state index in [0.29, 0.717) is 10.7 Å². The van der Waals surface area contributed by atoms with Crippen molar-refractivity contribution in [2.45, 2.75) is 6.54 Å². The summed E-state index contributed by atoms with van der Waals surface area (Å²) < 4.78 is 15.7. The van der Waals surface area contributed by atoms with Gasteiger partial charge in [0.25, 0.3) is 5.91 Å². The molecule has 4 aromatic rings. The Bertz CT molecular complexity index is 1310. The molecule has 8 heteroatoms. The van der Waals surface area contributed by atoms with E-state index in [4.69, 9.17) is 11.6 Å². The van der Waals surface area contributed by atoms with E-state index in [1.165, 1.54) is 27.9 Å². The Labute approximate surface area is 188 Å². The molecule has 3 aromatic carbocycles. The molecule has 0 saturated heterocycles. The average molecular weight is 452 g/mol. The maximum absolute atomic E-state index is 14.3. The monoisotopic (exact) mass is 451 g/mol. The van der Waals surface area contributed by atoms with Crippen LogP contribution in [0, 0.1) is 5.82 Å². The highest BCUT2D eigenvalue weighted by molar-refractivity contribution is 6.30. The number of hydrogen-bond acceptors (Lipinski definition) is 4. The third-order valence-electron chi connectivity index (χ3n) is 5.00. The second kappa shape index (κ2) is 8.72. The summed E-state index contributed by atoms with van der Waals surface area (Å²) in [6.07, 6.45) is 1.46. The lowest BCUT2D eigenvalue weighted by molar-refractivity contribution is 0.0782. The van der Waals surface area contributed by atoms with Crippen LogP contribution in [0.1, 0.15) is 15.9 Å². The van der Waals surface area contributed by atoms with Gasteiger partial charge >= 0.3 is 0 Å². The van der Waals surface area contributed by atoms with E-state index in [2.05, 4.69) is 5.10 Å². The van der Waals surface area contributed by atoms with Crippen LogP contribution in [0.4, 0.5) is 4.39 Å². The highest BCUT2D eigenvalue weighted by Crippen LogP contribution is 2.36. The van der Waals surface area contributed by atoms with Gasteiger partial charge in [-0.1, -0.05) is 35.9 Å². The predicted molar refractivity (Wildman–Crippen MR) is 120 cm³/mol. The number of amides is 1. The summed E-state index contributed by atoms with van der Waals surface area (Å²) in [4.78, 5) is 14.5. The first-order valence-corrected chi connectivity index (χ1v) is 10.1. The molecule has 0 unspecified atom stereocenters. The van der Waals surface area contributed by atoms with Crippen molar-refractivity contribution in [2.24, 2.45) is 0 Å². The van der Waals surface area contributed by atoms with Gasteiger partial charge in [-0.25, -0.2) is 9.07 Å². The minimum atomic E-state index is -0.492. The van der Waals surface area contributed by atoms with E-state index in [1.54, 1.807) is 49.5 Å². The summed E-state index contributed by atoms with van der Waals surface area (Å²) in [7, 11) is 1.60. The zero-order valence-electron chi connectivity index (χ0n) is 17.0. The molecule has 0 bridgehead atoms. The molecule has 1 aromatic heterocycles. The summed E-state index contributed by atoms with van der Waals surface area (Å²) in [5.74, 6) is -1.59. The number of nitrogens with zero attached hydrogens (tertiary/aromatic N) is 3. The molecule has 0 saturated carbocycles. The summed E-state index contributed by atoms with van der Waals surface area (Å²) in [6.45, 7) is 0.266. The Morgan fingerprint density at radius 1 is 1.06 bits per heavy atom. The zero-order valence-corrected chi connectivity index (χ0v) is 17.8. The molecule has 0 fully saturated rings. The molecule has 1 heterocycles. The fourth-order valence-corrected chi connectivity index (χ4v) is 3.68. The van der Waals surface area contributed by atoms with Gasteiger partial charge in [0.05, 0.1) is 17.5 Å². The first-order valence-electron chi connectivity index (χ1n) is 9.70. The molecule has 0 aliphatic heterocycles. The number of phenols is 2. The van der Waals surface area contributed by atoms with Gasteiger partial charge in [-0.15, -0.1) is 0 Å². The molecule has 6 nitrogen and oxygen atoms in total. The standard InChI is InChI=1S/C24H19ClFN3O3/c1-28(14-15-5-4-6-16(25)11-15)24(32)18-12-17(22(30)13-23(18)31)20-9-10-27-29(20)21-8-3-2-7-19(21)26/h2-13,30-31H,14H2,1H3. The number of benzene rings is 3. The molecule has 2 N–H and O–H groups in total. The Morgan fingerprint density at radius 2 is 1.84 bits per heavy atom. The Kier molecular flexibility index (Phi) is 5.83. The van der Waals surface area contributed by atoms with Crippen LogP contribution < -0.4 is 0 Å². The lowest BCUT2D eigenvalue weighted by atomic mass is 10.0. The topological polar surface area (TPSA) is 78.6 Å².